The molecule has 1 amide bonds. The van der Waals surface area contributed by atoms with E-state index in [1.165, 1.54) is 12.8 Å². The Kier molecular flexibility index (Phi) is 3.93. The van der Waals surface area contributed by atoms with E-state index in [2.05, 4.69) is 5.32 Å². The third-order valence-electron chi connectivity index (χ3n) is 4.41. The second-order valence-corrected chi connectivity index (χ2v) is 6.74. The average molecular weight is 313 g/mol. The highest BCUT2D eigenvalue weighted by molar-refractivity contribution is 6.42. The molecule has 3 nitrogen and oxygen atoms in total. The lowest BCUT2D eigenvalue weighted by Gasteiger charge is -2.52. The molecule has 108 valence electrons. The summed E-state index contributed by atoms with van der Waals surface area (Å²) in [5.41, 5.74) is 1.31. The van der Waals surface area contributed by atoms with Crippen molar-refractivity contribution in [3.8, 4) is 0 Å². The summed E-state index contributed by atoms with van der Waals surface area (Å²) >= 11 is 11.9. The maximum absolute atomic E-state index is 12.3. The number of nitrogens with one attached hydrogen (secondary N) is 1. The summed E-state index contributed by atoms with van der Waals surface area (Å²) < 4.78 is 0. The molecule has 0 saturated carbocycles. The van der Waals surface area contributed by atoms with Gasteiger partial charge in [0.1, 0.15) is 0 Å². The maximum atomic E-state index is 12.3. The topological polar surface area (TPSA) is 32.3 Å². The van der Waals surface area contributed by atoms with Crippen LogP contribution in [0.25, 0.3) is 0 Å². The molecule has 0 aliphatic carbocycles. The fraction of sp³-hybridized carbons (Fsp3) is 0.533. The Morgan fingerprint density at radius 2 is 1.90 bits per heavy atom. The van der Waals surface area contributed by atoms with Gasteiger partial charge in [-0.3, -0.25) is 4.79 Å². The van der Waals surface area contributed by atoms with Crippen LogP contribution in [-0.2, 0) is 11.2 Å². The lowest BCUT2D eigenvalue weighted by molar-refractivity contribution is -0.144. The fourth-order valence-electron chi connectivity index (χ4n) is 3.15. The van der Waals surface area contributed by atoms with E-state index in [0.717, 1.165) is 31.7 Å². The third-order valence-corrected chi connectivity index (χ3v) is 5.15. The molecule has 2 aliphatic rings. The van der Waals surface area contributed by atoms with Crippen molar-refractivity contribution < 1.29 is 4.79 Å². The van der Waals surface area contributed by atoms with Gasteiger partial charge in [-0.25, -0.2) is 0 Å². The van der Waals surface area contributed by atoms with Gasteiger partial charge in [0.05, 0.1) is 16.5 Å². The number of halogens is 2. The number of carbonyl (C=O) groups excluding carboxylic acids is 1. The first-order valence-electron chi connectivity index (χ1n) is 7.00. The van der Waals surface area contributed by atoms with E-state index in [9.17, 15) is 4.79 Å². The van der Waals surface area contributed by atoms with Crippen LogP contribution < -0.4 is 5.32 Å². The van der Waals surface area contributed by atoms with Gasteiger partial charge >= 0.3 is 0 Å². The lowest BCUT2D eigenvalue weighted by atomic mass is 9.72. The first-order chi connectivity index (χ1) is 9.58. The molecule has 1 N–H and O–H groups in total. The number of carbonyl (C=O) groups is 1. The van der Waals surface area contributed by atoms with Gasteiger partial charge in [0, 0.05) is 18.5 Å². The quantitative estimate of drug-likeness (QED) is 0.910. The van der Waals surface area contributed by atoms with E-state index < -0.39 is 0 Å². The molecule has 20 heavy (non-hydrogen) atoms. The Morgan fingerprint density at radius 1 is 1.20 bits per heavy atom. The second-order valence-electron chi connectivity index (χ2n) is 5.93. The minimum atomic E-state index is 0.188. The van der Waals surface area contributed by atoms with Gasteiger partial charge < -0.3 is 10.2 Å². The van der Waals surface area contributed by atoms with E-state index in [1.807, 2.05) is 11.0 Å². The van der Waals surface area contributed by atoms with Crippen LogP contribution in [0.5, 0.6) is 0 Å². The van der Waals surface area contributed by atoms with Gasteiger partial charge in [-0.1, -0.05) is 29.3 Å². The van der Waals surface area contributed by atoms with Crippen LogP contribution in [-0.4, -0.2) is 37.0 Å². The SMILES string of the molecule is O=C(Cc1ccc(Cl)c(Cl)c1)N1CC2(CCNCC2)C1. The van der Waals surface area contributed by atoms with Crippen LogP contribution in [0.4, 0.5) is 0 Å². The largest absolute Gasteiger partial charge is 0.341 e. The zero-order valence-corrected chi connectivity index (χ0v) is 12.8. The highest BCUT2D eigenvalue weighted by atomic mass is 35.5. The highest BCUT2D eigenvalue weighted by Crippen LogP contribution is 2.38. The summed E-state index contributed by atoms with van der Waals surface area (Å²) in [4.78, 5) is 14.2. The Morgan fingerprint density at radius 3 is 2.55 bits per heavy atom. The first kappa shape index (κ1) is 14.2. The fourth-order valence-corrected chi connectivity index (χ4v) is 3.47. The third kappa shape index (κ3) is 2.80. The van der Waals surface area contributed by atoms with Crippen molar-refractivity contribution >= 4 is 29.1 Å². The summed E-state index contributed by atoms with van der Waals surface area (Å²) in [5, 5.41) is 4.41. The molecular formula is C15H18Cl2N2O. The molecule has 1 spiro atoms. The van der Waals surface area contributed by atoms with E-state index in [4.69, 9.17) is 23.2 Å². The molecule has 0 atom stereocenters. The van der Waals surface area contributed by atoms with Crippen molar-refractivity contribution in [2.24, 2.45) is 5.41 Å². The van der Waals surface area contributed by atoms with Crippen LogP contribution in [0.3, 0.4) is 0 Å². The van der Waals surface area contributed by atoms with Crippen molar-refractivity contribution in [2.45, 2.75) is 19.3 Å². The van der Waals surface area contributed by atoms with Crippen LogP contribution in [0.15, 0.2) is 18.2 Å². The van der Waals surface area contributed by atoms with Crippen molar-refractivity contribution in [1.82, 2.24) is 10.2 Å². The molecule has 0 bridgehead atoms. The summed E-state index contributed by atoms with van der Waals surface area (Å²) in [5.74, 6) is 0.188. The number of piperidine rings is 1. The molecule has 3 rings (SSSR count). The molecule has 0 radical (unpaired) electrons. The Hall–Kier alpha value is -0.770. The summed E-state index contributed by atoms with van der Waals surface area (Å²) in [6.07, 6.45) is 2.78. The van der Waals surface area contributed by atoms with E-state index in [-0.39, 0.29) is 5.91 Å². The van der Waals surface area contributed by atoms with Gasteiger partial charge in [0.15, 0.2) is 0 Å². The summed E-state index contributed by atoms with van der Waals surface area (Å²) in [6.45, 7) is 3.98. The molecule has 2 fully saturated rings. The Labute approximate surface area is 129 Å². The van der Waals surface area contributed by atoms with E-state index in [0.29, 0.717) is 21.9 Å². The van der Waals surface area contributed by atoms with Gasteiger partial charge in [0.25, 0.3) is 0 Å². The molecule has 0 unspecified atom stereocenters. The minimum Gasteiger partial charge on any atom is -0.341 e. The number of rotatable bonds is 2. The molecule has 1 aromatic rings. The van der Waals surface area contributed by atoms with Crippen molar-refractivity contribution in [1.29, 1.82) is 0 Å². The predicted octanol–water partition coefficient (Wildman–Crippen LogP) is 2.75. The number of amides is 1. The van der Waals surface area contributed by atoms with Gasteiger partial charge in [-0.05, 0) is 43.6 Å². The van der Waals surface area contributed by atoms with Crippen LogP contribution in [0.2, 0.25) is 10.0 Å². The molecule has 2 heterocycles. The monoisotopic (exact) mass is 312 g/mol. The number of nitrogens with zero attached hydrogens (tertiary/aromatic N) is 1. The molecule has 0 aromatic heterocycles. The first-order valence-corrected chi connectivity index (χ1v) is 7.76. The van der Waals surface area contributed by atoms with Crippen LogP contribution in [0.1, 0.15) is 18.4 Å². The van der Waals surface area contributed by atoms with Crippen molar-refractivity contribution in [3.05, 3.63) is 33.8 Å². The van der Waals surface area contributed by atoms with Gasteiger partial charge in [-0.2, -0.15) is 0 Å². The van der Waals surface area contributed by atoms with Gasteiger partial charge in [0.2, 0.25) is 5.91 Å². The summed E-state index contributed by atoms with van der Waals surface area (Å²) in [6, 6.07) is 5.39. The second kappa shape index (κ2) is 5.55. The number of hydrogen-bond acceptors (Lipinski definition) is 2. The number of hydrogen-bond donors (Lipinski definition) is 1. The standard InChI is InChI=1S/C15H18Cl2N2O/c16-12-2-1-11(7-13(12)17)8-14(20)19-9-15(10-19)3-5-18-6-4-15/h1-2,7,18H,3-6,8-10H2. The zero-order chi connectivity index (χ0) is 14.2. The molecule has 2 aliphatic heterocycles. The van der Waals surface area contributed by atoms with Crippen LogP contribution in [0, 0.1) is 5.41 Å². The smallest absolute Gasteiger partial charge is 0.227 e. The Bertz CT molecular complexity index is 519. The normalized spacial score (nSPS) is 20.8. The molecule has 5 heteroatoms. The molecule has 2 saturated heterocycles. The molecular weight excluding hydrogens is 295 g/mol. The van der Waals surface area contributed by atoms with Gasteiger partial charge in [-0.15, -0.1) is 0 Å². The summed E-state index contributed by atoms with van der Waals surface area (Å²) in [7, 11) is 0. The van der Waals surface area contributed by atoms with Crippen molar-refractivity contribution in [2.75, 3.05) is 26.2 Å². The highest BCUT2D eigenvalue weighted by Gasteiger charge is 2.45. The number of benzene rings is 1. The van der Waals surface area contributed by atoms with E-state index >= 15 is 0 Å². The predicted molar refractivity (Wildman–Crippen MR) is 81.3 cm³/mol. The Balaban J connectivity index is 1.57. The van der Waals surface area contributed by atoms with Crippen molar-refractivity contribution in [3.63, 3.8) is 0 Å². The maximum Gasteiger partial charge on any atom is 0.227 e. The zero-order valence-electron chi connectivity index (χ0n) is 11.3. The van der Waals surface area contributed by atoms with E-state index in [1.54, 1.807) is 12.1 Å². The average Bonchev–Trinajstić information content (AvgIpc) is 2.41. The molecule has 1 aromatic carbocycles. The lowest BCUT2D eigenvalue weighted by Crippen LogP contribution is -2.61. The van der Waals surface area contributed by atoms with Crippen LogP contribution >= 0.6 is 23.2 Å². The number of likely N-dealkylation sites (tertiary alicyclic amines) is 1. The minimum absolute atomic E-state index is 0.188.